The molecule has 156 valence electrons. The molecule has 10 heteroatoms. The summed E-state index contributed by atoms with van der Waals surface area (Å²) in [6, 6.07) is 9.90. The molecule has 2 atom stereocenters. The molecule has 0 aliphatic carbocycles. The van der Waals surface area contributed by atoms with Gasteiger partial charge in [-0.3, -0.25) is 14.6 Å². The molecule has 5 rings (SSSR count). The second-order valence-electron chi connectivity index (χ2n) is 7.46. The summed E-state index contributed by atoms with van der Waals surface area (Å²) >= 11 is 0. The smallest absolute Gasteiger partial charge is 0.263 e. The maximum absolute atomic E-state index is 14.0. The van der Waals surface area contributed by atoms with Gasteiger partial charge in [0.25, 0.3) is 11.8 Å². The van der Waals surface area contributed by atoms with Crippen LogP contribution < -0.4 is 4.90 Å². The zero-order chi connectivity index (χ0) is 21.7. The number of carbonyl (C=O) groups is 2. The van der Waals surface area contributed by atoms with Crippen molar-refractivity contribution in [3.63, 3.8) is 0 Å². The summed E-state index contributed by atoms with van der Waals surface area (Å²) in [6.45, 7) is 3.56. The normalized spacial score (nSPS) is 20.1. The highest BCUT2D eigenvalue weighted by Gasteiger charge is 2.55. The molecule has 2 aromatic carbocycles. The molecule has 1 fully saturated rings. The first-order chi connectivity index (χ1) is 14.9. The molecular weight excluding hydrogens is 403 g/mol. The Morgan fingerprint density at radius 1 is 1.06 bits per heavy atom. The van der Waals surface area contributed by atoms with Crippen molar-refractivity contribution >= 4 is 17.5 Å². The standard InChI is InChI=1S/C21H17FN6O3/c1-11-5-3-4-6-14(11)19-23-16(31-25-19)10-27-18-17(24-26-27)20(29)28(21(18)30)13-8-7-12(2)15(22)9-13/h3-9,17-18H,10H2,1-2H3. The van der Waals surface area contributed by atoms with Gasteiger partial charge in [0.2, 0.25) is 11.7 Å². The maximum Gasteiger partial charge on any atom is 0.263 e. The first-order valence-electron chi connectivity index (χ1n) is 9.64. The van der Waals surface area contributed by atoms with E-state index in [-0.39, 0.29) is 18.1 Å². The summed E-state index contributed by atoms with van der Waals surface area (Å²) in [5.74, 6) is -0.912. The van der Waals surface area contributed by atoms with Crippen molar-refractivity contribution in [2.45, 2.75) is 32.5 Å². The number of hydrogen-bond acceptors (Lipinski definition) is 8. The predicted molar refractivity (Wildman–Crippen MR) is 106 cm³/mol. The number of imide groups is 1. The molecule has 0 spiro atoms. The minimum absolute atomic E-state index is 0.0126. The molecule has 0 saturated carbocycles. The molecule has 0 bridgehead atoms. The monoisotopic (exact) mass is 420 g/mol. The van der Waals surface area contributed by atoms with Crippen molar-refractivity contribution in [1.29, 1.82) is 0 Å². The van der Waals surface area contributed by atoms with Crippen molar-refractivity contribution in [3.8, 4) is 11.4 Å². The Labute approximate surface area is 176 Å². The van der Waals surface area contributed by atoms with Gasteiger partial charge in [-0.1, -0.05) is 40.7 Å². The van der Waals surface area contributed by atoms with E-state index in [1.807, 2.05) is 31.2 Å². The molecule has 0 radical (unpaired) electrons. The quantitative estimate of drug-likeness (QED) is 0.601. The number of carbonyl (C=O) groups excluding carboxylic acids is 2. The van der Waals surface area contributed by atoms with Crippen LogP contribution in [0.4, 0.5) is 10.1 Å². The van der Waals surface area contributed by atoms with Gasteiger partial charge in [-0.2, -0.15) is 10.1 Å². The van der Waals surface area contributed by atoms with E-state index < -0.39 is 29.7 Å². The van der Waals surface area contributed by atoms with E-state index in [4.69, 9.17) is 4.52 Å². The topological polar surface area (TPSA) is 104 Å². The van der Waals surface area contributed by atoms with Gasteiger partial charge in [-0.15, -0.1) is 0 Å². The zero-order valence-corrected chi connectivity index (χ0v) is 16.7. The zero-order valence-electron chi connectivity index (χ0n) is 16.7. The van der Waals surface area contributed by atoms with Crippen molar-refractivity contribution in [2.75, 3.05) is 4.90 Å². The van der Waals surface area contributed by atoms with Crippen LogP contribution in [0.25, 0.3) is 11.4 Å². The van der Waals surface area contributed by atoms with Crippen LogP contribution >= 0.6 is 0 Å². The van der Waals surface area contributed by atoms with Crippen LogP contribution in [0, 0.1) is 19.7 Å². The molecule has 31 heavy (non-hydrogen) atoms. The number of benzene rings is 2. The molecule has 2 unspecified atom stereocenters. The van der Waals surface area contributed by atoms with Gasteiger partial charge in [0.15, 0.2) is 12.1 Å². The Bertz CT molecular complexity index is 1240. The molecule has 2 amide bonds. The van der Waals surface area contributed by atoms with Crippen molar-refractivity contribution < 1.29 is 18.5 Å². The van der Waals surface area contributed by atoms with Crippen molar-refractivity contribution in [2.24, 2.45) is 10.3 Å². The molecule has 2 aliphatic rings. The average molecular weight is 420 g/mol. The number of aryl methyl sites for hydroxylation is 2. The van der Waals surface area contributed by atoms with E-state index in [2.05, 4.69) is 20.5 Å². The van der Waals surface area contributed by atoms with Crippen LogP contribution in [0.15, 0.2) is 57.3 Å². The minimum atomic E-state index is -0.990. The second-order valence-corrected chi connectivity index (χ2v) is 7.46. The number of fused-ring (bicyclic) bond motifs is 1. The summed E-state index contributed by atoms with van der Waals surface area (Å²) < 4.78 is 19.3. The van der Waals surface area contributed by atoms with Crippen LogP contribution in [-0.2, 0) is 16.1 Å². The van der Waals surface area contributed by atoms with E-state index >= 15 is 0 Å². The van der Waals surface area contributed by atoms with Crippen molar-refractivity contribution in [1.82, 2.24) is 15.1 Å². The third-order valence-corrected chi connectivity index (χ3v) is 5.42. The molecule has 1 saturated heterocycles. The SMILES string of the molecule is Cc1ccc(N2C(=O)C3N=NN(Cc4nc(-c5ccccc5C)no4)C3C2=O)cc1F. The lowest BCUT2D eigenvalue weighted by Gasteiger charge is -2.19. The van der Waals surface area contributed by atoms with E-state index in [1.165, 1.54) is 23.2 Å². The van der Waals surface area contributed by atoms with Gasteiger partial charge in [0.1, 0.15) is 12.4 Å². The number of aromatic nitrogens is 2. The van der Waals surface area contributed by atoms with Gasteiger partial charge < -0.3 is 4.52 Å². The predicted octanol–water partition coefficient (Wildman–Crippen LogP) is 2.99. The fraction of sp³-hybridized carbons (Fsp3) is 0.238. The van der Waals surface area contributed by atoms with E-state index in [1.54, 1.807) is 6.92 Å². The molecular formula is C21H17FN6O3. The number of rotatable bonds is 4. The van der Waals surface area contributed by atoms with E-state index in [0.717, 1.165) is 16.0 Å². The Balaban J connectivity index is 1.38. The lowest BCUT2D eigenvalue weighted by atomic mass is 10.1. The van der Waals surface area contributed by atoms with Crippen molar-refractivity contribution in [3.05, 3.63) is 65.3 Å². The summed E-state index contributed by atoms with van der Waals surface area (Å²) in [4.78, 5) is 31.1. The lowest BCUT2D eigenvalue weighted by molar-refractivity contribution is -0.123. The van der Waals surface area contributed by atoms with Crippen LogP contribution in [-0.4, -0.2) is 39.0 Å². The summed E-state index contributed by atoms with van der Waals surface area (Å²) in [5, 5.41) is 13.3. The van der Waals surface area contributed by atoms with Crippen LogP contribution in [0.1, 0.15) is 17.0 Å². The Morgan fingerprint density at radius 2 is 1.87 bits per heavy atom. The Kier molecular flexibility index (Phi) is 4.35. The third kappa shape index (κ3) is 3.07. The fourth-order valence-corrected chi connectivity index (χ4v) is 3.72. The number of anilines is 1. The molecule has 3 aromatic rings. The van der Waals surface area contributed by atoms with Gasteiger partial charge >= 0.3 is 0 Å². The Hall–Kier alpha value is -3.95. The highest BCUT2D eigenvalue weighted by atomic mass is 19.1. The van der Waals surface area contributed by atoms with E-state index in [9.17, 15) is 14.0 Å². The van der Waals surface area contributed by atoms with Crippen LogP contribution in [0.5, 0.6) is 0 Å². The largest absolute Gasteiger partial charge is 0.337 e. The maximum atomic E-state index is 14.0. The molecule has 9 nitrogen and oxygen atoms in total. The third-order valence-electron chi connectivity index (χ3n) is 5.42. The second kappa shape index (κ2) is 7.08. The molecule has 2 aliphatic heterocycles. The van der Waals surface area contributed by atoms with Gasteiger partial charge in [0, 0.05) is 5.56 Å². The van der Waals surface area contributed by atoms with Crippen LogP contribution in [0.3, 0.4) is 0 Å². The first kappa shape index (κ1) is 19.0. The lowest BCUT2D eigenvalue weighted by Crippen LogP contribution is -2.39. The summed E-state index contributed by atoms with van der Waals surface area (Å²) in [7, 11) is 0. The average Bonchev–Trinajstić information content (AvgIpc) is 3.43. The number of amides is 2. The number of hydrogen-bond donors (Lipinski definition) is 0. The molecule has 0 N–H and O–H groups in total. The number of nitrogens with zero attached hydrogens (tertiary/aromatic N) is 6. The summed E-state index contributed by atoms with van der Waals surface area (Å²) in [6.07, 6.45) is 0. The Morgan fingerprint density at radius 3 is 2.65 bits per heavy atom. The van der Waals surface area contributed by atoms with Gasteiger partial charge in [0.05, 0.1) is 5.69 Å². The minimum Gasteiger partial charge on any atom is -0.337 e. The fourth-order valence-electron chi connectivity index (χ4n) is 3.72. The van der Waals surface area contributed by atoms with E-state index in [0.29, 0.717) is 11.4 Å². The number of halogens is 1. The highest BCUT2D eigenvalue weighted by Crippen LogP contribution is 2.33. The summed E-state index contributed by atoms with van der Waals surface area (Å²) in [5.41, 5.74) is 2.42. The van der Waals surface area contributed by atoms with Gasteiger partial charge in [-0.25, -0.2) is 9.29 Å². The first-order valence-corrected chi connectivity index (χ1v) is 9.64. The van der Waals surface area contributed by atoms with Gasteiger partial charge in [-0.05, 0) is 37.1 Å². The molecule has 3 heterocycles. The van der Waals surface area contributed by atoms with Crippen LogP contribution in [0.2, 0.25) is 0 Å². The molecule has 1 aromatic heterocycles. The highest BCUT2D eigenvalue weighted by molar-refractivity contribution is 6.25.